The average Bonchev–Trinajstić information content (AvgIpc) is 3.26. The van der Waals surface area contributed by atoms with Crippen molar-refractivity contribution in [2.24, 2.45) is 7.05 Å². The Hall–Kier alpha value is -2.16. The number of likely N-dealkylation sites (tertiary alicyclic amines) is 1. The van der Waals surface area contributed by atoms with Crippen molar-refractivity contribution >= 4 is 17.7 Å². The van der Waals surface area contributed by atoms with Gasteiger partial charge in [0.25, 0.3) is 5.56 Å². The Morgan fingerprint density at radius 3 is 2.45 bits per heavy atom. The van der Waals surface area contributed by atoms with Gasteiger partial charge in [0.2, 0.25) is 5.91 Å². The molecule has 2 fully saturated rings. The second-order valence-electron chi connectivity index (χ2n) is 8.93. The minimum atomic E-state index is -0.452. The number of aromatic nitrogens is 2. The SMILES string of the molecule is Cc1ccc(Cc2c(C)nc(SCCCC(=O)N3CCC4(CC3)OCCO4)n(C)c2=O)cc1. The van der Waals surface area contributed by atoms with Crippen LogP contribution in [0.1, 0.15) is 48.1 Å². The zero-order valence-electron chi connectivity index (χ0n) is 19.8. The van der Waals surface area contributed by atoms with Crippen LogP contribution in [0.2, 0.25) is 0 Å². The first-order valence-electron chi connectivity index (χ1n) is 11.7. The van der Waals surface area contributed by atoms with Crippen molar-refractivity contribution in [2.75, 3.05) is 32.1 Å². The highest BCUT2D eigenvalue weighted by Crippen LogP contribution is 2.31. The summed E-state index contributed by atoms with van der Waals surface area (Å²) >= 11 is 1.54. The molecule has 33 heavy (non-hydrogen) atoms. The van der Waals surface area contributed by atoms with Crippen molar-refractivity contribution in [3.05, 3.63) is 57.0 Å². The van der Waals surface area contributed by atoms with Gasteiger partial charge in [0, 0.05) is 62.8 Å². The fourth-order valence-corrected chi connectivity index (χ4v) is 5.35. The van der Waals surface area contributed by atoms with Crippen molar-refractivity contribution in [2.45, 2.75) is 56.9 Å². The van der Waals surface area contributed by atoms with E-state index in [-0.39, 0.29) is 11.5 Å². The fraction of sp³-hybridized carbons (Fsp3) is 0.560. The highest BCUT2D eigenvalue weighted by Gasteiger charge is 2.40. The van der Waals surface area contributed by atoms with Gasteiger partial charge in [-0.15, -0.1) is 0 Å². The van der Waals surface area contributed by atoms with Gasteiger partial charge in [0.1, 0.15) is 0 Å². The van der Waals surface area contributed by atoms with Crippen LogP contribution < -0.4 is 5.56 Å². The van der Waals surface area contributed by atoms with Gasteiger partial charge in [-0.1, -0.05) is 41.6 Å². The van der Waals surface area contributed by atoms with Gasteiger partial charge in [0.05, 0.1) is 13.2 Å². The molecule has 4 rings (SSSR count). The minimum absolute atomic E-state index is 0.000230. The van der Waals surface area contributed by atoms with Gasteiger partial charge in [-0.25, -0.2) is 4.98 Å². The molecule has 0 N–H and O–H groups in total. The summed E-state index contributed by atoms with van der Waals surface area (Å²) in [6.07, 6.45) is 3.32. The van der Waals surface area contributed by atoms with Crippen LogP contribution in [0.5, 0.6) is 0 Å². The molecule has 0 radical (unpaired) electrons. The van der Waals surface area contributed by atoms with E-state index in [1.807, 2.05) is 11.8 Å². The molecule has 2 aliphatic heterocycles. The highest BCUT2D eigenvalue weighted by atomic mass is 32.2. The number of piperidine rings is 1. The van der Waals surface area contributed by atoms with E-state index in [9.17, 15) is 9.59 Å². The lowest BCUT2D eigenvalue weighted by atomic mass is 10.0. The molecule has 2 saturated heterocycles. The monoisotopic (exact) mass is 471 g/mol. The molecule has 0 aliphatic carbocycles. The number of amides is 1. The summed E-state index contributed by atoms with van der Waals surface area (Å²) in [6, 6.07) is 8.24. The van der Waals surface area contributed by atoms with Gasteiger partial charge in [-0.05, 0) is 25.8 Å². The summed E-state index contributed by atoms with van der Waals surface area (Å²) in [5.74, 6) is 0.467. The van der Waals surface area contributed by atoms with E-state index >= 15 is 0 Å². The number of ether oxygens (including phenoxy) is 2. The molecule has 178 valence electrons. The zero-order valence-corrected chi connectivity index (χ0v) is 20.6. The number of aryl methyl sites for hydroxylation is 2. The lowest BCUT2D eigenvalue weighted by Crippen LogP contribution is -2.47. The lowest BCUT2D eigenvalue weighted by Gasteiger charge is -2.37. The van der Waals surface area contributed by atoms with Crippen LogP contribution in [-0.4, -0.2) is 58.2 Å². The van der Waals surface area contributed by atoms with E-state index in [1.54, 1.807) is 11.6 Å². The third-order valence-corrected chi connectivity index (χ3v) is 7.63. The van der Waals surface area contributed by atoms with Crippen LogP contribution in [0, 0.1) is 13.8 Å². The second kappa shape index (κ2) is 10.4. The molecule has 0 unspecified atom stereocenters. The van der Waals surface area contributed by atoms with E-state index in [0.717, 1.165) is 41.8 Å². The average molecular weight is 472 g/mol. The van der Waals surface area contributed by atoms with E-state index in [4.69, 9.17) is 14.5 Å². The first-order chi connectivity index (χ1) is 15.9. The first kappa shape index (κ1) is 24.0. The summed E-state index contributed by atoms with van der Waals surface area (Å²) in [7, 11) is 1.78. The van der Waals surface area contributed by atoms with E-state index in [1.165, 1.54) is 17.3 Å². The van der Waals surface area contributed by atoms with Gasteiger partial charge >= 0.3 is 0 Å². The van der Waals surface area contributed by atoms with Crippen LogP contribution in [-0.2, 0) is 27.7 Å². The summed E-state index contributed by atoms with van der Waals surface area (Å²) in [4.78, 5) is 32.2. The normalized spacial score (nSPS) is 17.6. The lowest BCUT2D eigenvalue weighted by molar-refractivity contribution is -0.187. The molecule has 0 bridgehead atoms. The smallest absolute Gasteiger partial charge is 0.257 e. The largest absolute Gasteiger partial charge is 0.347 e. The van der Waals surface area contributed by atoms with Crippen LogP contribution >= 0.6 is 11.8 Å². The molecule has 2 aromatic rings. The summed E-state index contributed by atoms with van der Waals surface area (Å²) in [5.41, 5.74) is 3.82. The molecule has 1 aromatic carbocycles. The third-order valence-electron chi connectivity index (χ3n) is 6.51. The predicted molar refractivity (Wildman–Crippen MR) is 129 cm³/mol. The van der Waals surface area contributed by atoms with Gasteiger partial charge in [-0.3, -0.25) is 14.2 Å². The first-order valence-corrected chi connectivity index (χ1v) is 12.7. The van der Waals surface area contributed by atoms with Gasteiger partial charge < -0.3 is 14.4 Å². The maximum Gasteiger partial charge on any atom is 0.257 e. The van der Waals surface area contributed by atoms with E-state index < -0.39 is 5.79 Å². The topological polar surface area (TPSA) is 73.7 Å². The van der Waals surface area contributed by atoms with Gasteiger partial charge in [-0.2, -0.15) is 0 Å². The Bertz CT molecular complexity index is 1030. The standard InChI is InChI=1S/C25H33N3O4S/c1-18-6-8-20(9-7-18)17-21-19(2)26-24(27(3)23(21)30)33-16-4-5-22(29)28-12-10-25(11-13-28)31-14-15-32-25/h6-9H,4-5,10-17H2,1-3H3. The molecule has 1 amide bonds. The molecule has 3 heterocycles. The number of hydrogen-bond donors (Lipinski definition) is 0. The van der Waals surface area contributed by atoms with E-state index in [0.29, 0.717) is 44.3 Å². The quantitative estimate of drug-likeness (QED) is 0.351. The zero-order chi connectivity index (χ0) is 23.4. The molecule has 7 nitrogen and oxygen atoms in total. The molecule has 1 aromatic heterocycles. The van der Waals surface area contributed by atoms with E-state index in [2.05, 4.69) is 31.2 Å². The van der Waals surface area contributed by atoms with Crippen LogP contribution in [0.3, 0.4) is 0 Å². The maximum absolute atomic E-state index is 13.0. The maximum atomic E-state index is 13.0. The number of thioether (sulfide) groups is 1. The predicted octanol–water partition coefficient (Wildman–Crippen LogP) is 3.23. The Morgan fingerprint density at radius 1 is 1.12 bits per heavy atom. The molecule has 0 atom stereocenters. The molecule has 1 spiro atoms. The summed E-state index contributed by atoms with van der Waals surface area (Å²) < 4.78 is 13.1. The van der Waals surface area contributed by atoms with Crippen molar-refractivity contribution in [3.63, 3.8) is 0 Å². The summed E-state index contributed by atoms with van der Waals surface area (Å²) in [5, 5.41) is 0.702. The number of nitrogens with zero attached hydrogens (tertiary/aromatic N) is 3. The number of rotatable bonds is 7. The van der Waals surface area contributed by atoms with Gasteiger partial charge in [0.15, 0.2) is 10.9 Å². The Kier molecular flexibility index (Phi) is 7.56. The molecule has 8 heteroatoms. The Balaban J connectivity index is 1.27. The summed E-state index contributed by atoms with van der Waals surface area (Å²) in [6.45, 7) is 6.62. The molecule has 2 aliphatic rings. The molecular formula is C25H33N3O4S. The third kappa shape index (κ3) is 5.67. The molecular weight excluding hydrogens is 438 g/mol. The van der Waals surface area contributed by atoms with Crippen molar-refractivity contribution < 1.29 is 14.3 Å². The Morgan fingerprint density at radius 2 is 1.79 bits per heavy atom. The fourth-order valence-electron chi connectivity index (χ4n) is 4.40. The second-order valence-corrected chi connectivity index (χ2v) is 9.99. The number of carbonyl (C=O) groups is 1. The number of benzene rings is 1. The van der Waals surface area contributed by atoms with Crippen molar-refractivity contribution in [1.82, 2.24) is 14.5 Å². The van der Waals surface area contributed by atoms with Crippen molar-refractivity contribution in [3.8, 4) is 0 Å². The minimum Gasteiger partial charge on any atom is -0.347 e. The van der Waals surface area contributed by atoms with Crippen LogP contribution in [0.25, 0.3) is 0 Å². The van der Waals surface area contributed by atoms with Crippen LogP contribution in [0.15, 0.2) is 34.2 Å². The highest BCUT2D eigenvalue weighted by molar-refractivity contribution is 7.99. The van der Waals surface area contributed by atoms with Crippen LogP contribution in [0.4, 0.5) is 0 Å². The van der Waals surface area contributed by atoms with Crippen molar-refractivity contribution in [1.29, 1.82) is 0 Å². The Labute approximate surface area is 199 Å². The molecule has 0 saturated carbocycles. The number of carbonyl (C=O) groups excluding carboxylic acids is 1. The number of hydrogen-bond acceptors (Lipinski definition) is 6.